The fourth-order valence-corrected chi connectivity index (χ4v) is 2.23. The van der Waals surface area contributed by atoms with Gasteiger partial charge in [0.25, 0.3) is 0 Å². The van der Waals surface area contributed by atoms with E-state index in [0.717, 1.165) is 12.5 Å². The first kappa shape index (κ1) is 14.9. The summed E-state index contributed by atoms with van der Waals surface area (Å²) in [6.45, 7) is 7.04. The zero-order valence-electron chi connectivity index (χ0n) is 11.8. The van der Waals surface area contributed by atoms with Gasteiger partial charge >= 0.3 is 0 Å². The van der Waals surface area contributed by atoms with Gasteiger partial charge in [0.15, 0.2) is 0 Å². The first-order valence-electron chi connectivity index (χ1n) is 7.19. The van der Waals surface area contributed by atoms with Crippen molar-refractivity contribution < 1.29 is 5.11 Å². The van der Waals surface area contributed by atoms with Crippen LogP contribution in [0.5, 0.6) is 0 Å². The standard InChI is InChI=1S/C14H30N2O/c1-4-5-10-16(13-7-8-13)11-6-9-14(2,12-17)15-3/h13,15,17H,4-12H2,1-3H3. The van der Waals surface area contributed by atoms with Gasteiger partial charge in [-0.25, -0.2) is 0 Å². The third-order valence-corrected chi connectivity index (χ3v) is 3.99. The van der Waals surface area contributed by atoms with Gasteiger partial charge in [-0.1, -0.05) is 13.3 Å². The summed E-state index contributed by atoms with van der Waals surface area (Å²) in [7, 11) is 1.94. The average molecular weight is 242 g/mol. The molecule has 3 nitrogen and oxygen atoms in total. The van der Waals surface area contributed by atoms with Crippen molar-refractivity contribution in [2.24, 2.45) is 0 Å². The van der Waals surface area contributed by atoms with Crippen molar-refractivity contribution in [2.75, 3.05) is 26.7 Å². The number of aliphatic hydroxyl groups excluding tert-OH is 1. The summed E-state index contributed by atoms with van der Waals surface area (Å²) in [6.07, 6.45) is 7.63. The lowest BCUT2D eigenvalue weighted by atomic mass is 9.97. The average Bonchev–Trinajstić information content (AvgIpc) is 3.17. The number of nitrogens with one attached hydrogen (secondary N) is 1. The van der Waals surface area contributed by atoms with Gasteiger partial charge < -0.3 is 15.3 Å². The Morgan fingerprint density at radius 1 is 1.29 bits per heavy atom. The molecule has 0 heterocycles. The number of likely N-dealkylation sites (N-methyl/N-ethyl adjacent to an activating group) is 1. The van der Waals surface area contributed by atoms with Gasteiger partial charge in [0, 0.05) is 11.6 Å². The molecule has 17 heavy (non-hydrogen) atoms. The van der Waals surface area contributed by atoms with E-state index in [4.69, 9.17) is 0 Å². The molecule has 1 fully saturated rings. The van der Waals surface area contributed by atoms with Crippen molar-refractivity contribution in [3.05, 3.63) is 0 Å². The Hall–Kier alpha value is -0.120. The molecule has 0 aliphatic heterocycles. The van der Waals surface area contributed by atoms with Gasteiger partial charge in [0.2, 0.25) is 0 Å². The minimum atomic E-state index is -0.0972. The Morgan fingerprint density at radius 3 is 2.41 bits per heavy atom. The van der Waals surface area contributed by atoms with Gasteiger partial charge in [-0.15, -0.1) is 0 Å². The highest BCUT2D eigenvalue weighted by molar-refractivity contribution is 4.86. The molecule has 102 valence electrons. The molecule has 0 bridgehead atoms. The van der Waals surface area contributed by atoms with Crippen LogP contribution in [0, 0.1) is 0 Å². The van der Waals surface area contributed by atoms with Crippen LogP contribution >= 0.6 is 0 Å². The summed E-state index contributed by atoms with van der Waals surface area (Å²) in [4.78, 5) is 2.65. The summed E-state index contributed by atoms with van der Waals surface area (Å²) in [5.41, 5.74) is -0.0972. The normalized spacial score (nSPS) is 19.6. The second-order valence-corrected chi connectivity index (χ2v) is 5.69. The third-order valence-electron chi connectivity index (χ3n) is 3.99. The molecule has 1 saturated carbocycles. The molecule has 3 heteroatoms. The van der Waals surface area contributed by atoms with E-state index in [1.165, 1.54) is 45.2 Å². The number of aliphatic hydroxyl groups is 1. The van der Waals surface area contributed by atoms with Crippen LogP contribution in [-0.2, 0) is 0 Å². The second kappa shape index (κ2) is 7.34. The van der Waals surface area contributed by atoms with Crippen molar-refractivity contribution in [1.82, 2.24) is 10.2 Å². The monoisotopic (exact) mass is 242 g/mol. The first-order chi connectivity index (χ1) is 8.15. The van der Waals surface area contributed by atoms with Crippen molar-refractivity contribution in [3.63, 3.8) is 0 Å². The molecule has 0 saturated heterocycles. The van der Waals surface area contributed by atoms with Crippen LogP contribution in [0.25, 0.3) is 0 Å². The van der Waals surface area contributed by atoms with E-state index < -0.39 is 0 Å². The lowest BCUT2D eigenvalue weighted by Gasteiger charge is -2.29. The van der Waals surface area contributed by atoms with Crippen LogP contribution in [0.2, 0.25) is 0 Å². The second-order valence-electron chi connectivity index (χ2n) is 5.69. The highest BCUT2D eigenvalue weighted by Gasteiger charge is 2.28. The van der Waals surface area contributed by atoms with E-state index in [1.807, 2.05) is 7.05 Å². The van der Waals surface area contributed by atoms with Crippen LogP contribution in [0.15, 0.2) is 0 Å². The van der Waals surface area contributed by atoms with Gasteiger partial charge in [-0.2, -0.15) is 0 Å². The minimum Gasteiger partial charge on any atom is -0.394 e. The molecule has 2 N–H and O–H groups in total. The van der Waals surface area contributed by atoms with Crippen LogP contribution in [0.3, 0.4) is 0 Å². The van der Waals surface area contributed by atoms with Crippen LogP contribution in [0.1, 0.15) is 52.4 Å². The SMILES string of the molecule is CCCCN(CCCC(C)(CO)NC)C1CC1. The van der Waals surface area contributed by atoms with Crippen molar-refractivity contribution in [3.8, 4) is 0 Å². The molecule has 0 spiro atoms. The van der Waals surface area contributed by atoms with E-state index in [1.54, 1.807) is 0 Å². The molecule has 1 rings (SSSR count). The minimum absolute atomic E-state index is 0.0972. The number of hydrogen-bond acceptors (Lipinski definition) is 3. The molecule has 0 amide bonds. The summed E-state index contributed by atoms with van der Waals surface area (Å²) in [6, 6.07) is 0.872. The van der Waals surface area contributed by atoms with Gasteiger partial charge in [0.1, 0.15) is 0 Å². The highest BCUT2D eigenvalue weighted by Crippen LogP contribution is 2.27. The summed E-state index contributed by atoms with van der Waals surface area (Å²) in [5.74, 6) is 0. The predicted molar refractivity (Wildman–Crippen MR) is 73.3 cm³/mol. The number of nitrogens with zero attached hydrogens (tertiary/aromatic N) is 1. The molecule has 0 aromatic heterocycles. The Kier molecular flexibility index (Phi) is 6.45. The quantitative estimate of drug-likeness (QED) is 0.615. The zero-order chi connectivity index (χ0) is 12.7. The fourth-order valence-electron chi connectivity index (χ4n) is 2.23. The lowest BCUT2D eigenvalue weighted by molar-refractivity contribution is 0.162. The molecular formula is C14H30N2O. The van der Waals surface area contributed by atoms with Gasteiger partial charge in [0.05, 0.1) is 6.61 Å². The topological polar surface area (TPSA) is 35.5 Å². The molecule has 0 aromatic rings. The number of unbranched alkanes of at least 4 members (excludes halogenated alkanes) is 1. The van der Waals surface area contributed by atoms with E-state index in [2.05, 4.69) is 24.1 Å². The van der Waals surface area contributed by atoms with Crippen LogP contribution < -0.4 is 5.32 Å². The van der Waals surface area contributed by atoms with Crippen LogP contribution in [-0.4, -0.2) is 48.3 Å². The smallest absolute Gasteiger partial charge is 0.0610 e. The fraction of sp³-hybridized carbons (Fsp3) is 1.00. The lowest BCUT2D eigenvalue weighted by Crippen LogP contribution is -2.44. The van der Waals surface area contributed by atoms with Gasteiger partial charge in [-0.3, -0.25) is 0 Å². The largest absolute Gasteiger partial charge is 0.394 e. The van der Waals surface area contributed by atoms with Crippen molar-refractivity contribution in [1.29, 1.82) is 0 Å². The van der Waals surface area contributed by atoms with E-state index in [-0.39, 0.29) is 12.1 Å². The highest BCUT2D eigenvalue weighted by atomic mass is 16.3. The molecule has 1 aliphatic carbocycles. The first-order valence-corrected chi connectivity index (χ1v) is 7.19. The summed E-state index contributed by atoms with van der Waals surface area (Å²) < 4.78 is 0. The Morgan fingerprint density at radius 2 is 1.94 bits per heavy atom. The maximum Gasteiger partial charge on any atom is 0.0610 e. The van der Waals surface area contributed by atoms with Gasteiger partial charge in [-0.05, 0) is 59.2 Å². The molecule has 1 atom stereocenters. The molecule has 1 unspecified atom stereocenters. The van der Waals surface area contributed by atoms with Crippen molar-refractivity contribution >= 4 is 0 Å². The Bertz CT molecular complexity index is 200. The molecular weight excluding hydrogens is 212 g/mol. The summed E-state index contributed by atoms with van der Waals surface area (Å²) >= 11 is 0. The molecule has 1 aliphatic rings. The van der Waals surface area contributed by atoms with Crippen LogP contribution in [0.4, 0.5) is 0 Å². The maximum absolute atomic E-state index is 9.34. The Labute approximate surface area is 107 Å². The number of hydrogen-bond donors (Lipinski definition) is 2. The number of rotatable bonds is 10. The van der Waals surface area contributed by atoms with E-state index in [0.29, 0.717) is 0 Å². The Balaban J connectivity index is 2.22. The molecule has 0 aromatic carbocycles. The predicted octanol–water partition coefficient (Wildman–Crippen LogP) is 2.00. The third kappa shape index (κ3) is 5.36. The zero-order valence-corrected chi connectivity index (χ0v) is 11.8. The molecule has 0 radical (unpaired) electrons. The van der Waals surface area contributed by atoms with E-state index in [9.17, 15) is 5.11 Å². The maximum atomic E-state index is 9.34. The summed E-state index contributed by atoms with van der Waals surface area (Å²) in [5, 5.41) is 12.6. The van der Waals surface area contributed by atoms with Crippen molar-refractivity contribution in [2.45, 2.75) is 64.0 Å². The van der Waals surface area contributed by atoms with E-state index >= 15 is 0 Å².